The molecule has 90 valence electrons. The first-order chi connectivity index (χ1) is 8.13. The summed E-state index contributed by atoms with van der Waals surface area (Å²) in [5.41, 5.74) is 0.926. The van der Waals surface area contributed by atoms with Crippen molar-refractivity contribution in [2.45, 2.75) is 26.3 Å². The third kappa shape index (κ3) is 2.18. The number of benzene rings is 1. The number of hydrogen-bond acceptors (Lipinski definition) is 2. The Morgan fingerprint density at radius 3 is 2.71 bits per heavy atom. The zero-order valence-electron chi connectivity index (χ0n) is 9.36. The van der Waals surface area contributed by atoms with Crippen molar-refractivity contribution in [1.82, 2.24) is 9.55 Å². The molecule has 0 bridgehead atoms. The van der Waals surface area contributed by atoms with Crippen molar-refractivity contribution < 1.29 is 8.78 Å². The van der Waals surface area contributed by atoms with Crippen molar-refractivity contribution in [3.63, 3.8) is 0 Å². The quantitative estimate of drug-likeness (QED) is 0.821. The molecule has 0 saturated carbocycles. The SMILES string of the molecule is CCc1nc2ccccc2n(CC(F)F)c1=O. The maximum Gasteiger partial charge on any atom is 0.272 e. The Morgan fingerprint density at radius 1 is 1.35 bits per heavy atom. The van der Waals surface area contributed by atoms with Gasteiger partial charge >= 0.3 is 0 Å². The Balaban J connectivity index is 2.75. The number of alkyl halides is 2. The van der Waals surface area contributed by atoms with Gasteiger partial charge in [-0.25, -0.2) is 13.8 Å². The van der Waals surface area contributed by atoms with E-state index in [2.05, 4.69) is 4.98 Å². The highest BCUT2D eigenvalue weighted by Crippen LogP contribution is 2.11. The van der Waals surface area contributed by atoms with E-state index < -0.39 is 18.5 Å². The van der Waals surface area contributed by atoms with Crippen LogP contribution in [0.5, 0.6) is 0 Å². The van der Waals surface area contributed by atoms with Gasteiger partial charge in [0.05, 0.1) is 17.6 Å². The summed E-state index contributed by atoms with van der Waals surface area (Å²) in [6, 6.07) is 6.82. The number of aromatic nitrogens is 2. The standard InChI is InChI=1S/C12H12F2N2O/c1-2-8-12(17)16(7-11(13)14)10-6-4-3-5-9(10)15-8/h3-6,11H,2,7H2,1H3. The smallest absolute Gasteiger partial charge is 0.272 e. The van der Waals surface area contributed by atoms with Crippen LogP contribution in [0.15, 0.2) is 29.1 Å². The van der Waals surface area contributed by atoms with Gasteiger partial charge in [0.15, 0.2) is 0 Å². The predicted octanol–water partition coefficient (Wildman–Crippen LogP) is 2.22. The van der Waals surface area contributed by atoms with Crippen LogP contribution >= 0.6 is 0 Å². The van der Waals surface area contributed by atoms with Crippen molar-refractivity contribution in [2.75, 3.05) is 0 Å². The molecule has 0 aliphatic heterocycles. The van der Waals surface area contributed by atoms with Crippen LogP contribution in [0.3, 0.4) is 0 Å². The molecular weight excluding hydrogens is 226 g/mol. The Kier molecular flexibility index (Phi) is 3.17. The Morgan fingerprint density at radius 2 is 2.06 bits per heavy atom. The zero-order valence-corrected chi connectivity index (χ0v) is 9.36. The molecule has 0 unspecified atom stereocenters. The molecule has 3 nitrogen and oxygen atoms in total. The summed E-state index contributed by atoms with van der Waals surface area (Å²) in [5.74, 6) is 0. The molecule has 2 aromatic rings. The minimum Gasteiger partial charge on any atom is -0.299 e. The fourth-order valence-corrected chi connectivity index (χ4v) is 1.79. The molecule has 1 aromatic heterocycles. The fraction of sp³-hybridized carbons (Fsp3) is 0.333. The third-order valence-corrected chi connectivity index (χ3v) is 2.58. The van der Waals surface area contributed by atoms with E-state index in [1.807, 2.05) is 0 Å². The molecule has 0 amide bonds. The van der Waals surface area contributed by atoms with Crippen LogP contribution in [0.4, 0.5) is 8.78 Å². The Labute approximate surface area is 96.7 Å². The molecule has 1 aromatic carbocycles. The maximum absolute atomic E-state index is 12.5. The van der Waals surface area contributed by atoms with Gasteiger partial charge in [-0.2, -0.15) is 0 Å². The summed E-state index contributed by atoms with van der Waals surface area (Å²) in [6.45, 7) is 1.19. The van der Waals surface area contributed by atoms with Gasteiger partial charge in [-0.15, -0.1) is 0 Å². The van der Waals surface area contributed by atoms with Crippen LogP contribution in [0.1, 0.15) is 12.6 Å². The lowest BCUT2D eigenvalue weighted by molar-refractivity contribution is 0.126. The average Bonchev–Trinajstić information content (AvgIpc) is 2.32. The van der Waals surface area contributed by atoms with E-state index in [0.29, 0.717) is 23.1 Å². The van der Waals surface area contributed by atoms with Crippen molar-refractivity contribution >= 4 is 11.0 Å². The number of fused-ring (bicyclic) bond motifs is 1. The van der Waals surface area contributed by atoms with Crippen LogP contribution in [-0.4, -0.2) is 16.0 Å². The summed E-state index contributed by atoms with van der Waals surface area (Å²) in [7, 11) is 0. The molecule has 0 N–H and O–H groups in total. The molecule has 0 radical (unpaired) electrons. The molecule has 5 heteroatoms. The predicted molar refractivity (Wildman–Crippen MR) is 61.4 cm³/mol. The fourth-order valence-electron chi connectivity index (χ4n) is 1.79. The van der Waals surface area contributed by atoms with Gasteiger partial charge in [0.2, 0.25) is 0 Å². The molecule has 0 saturated heterocycles. The number of aryl methyl sites for hydroxylation is 1. The number of hydrogen-bond donors (Lipinski definition) is 0. The van der Waals surface area contributed by atoms with E-state index >= 15 is 0 Å². The third-order valence-electron chi connectivity index (χ3n) is 2.58. The van der Waals surface area contributed by atoms with Gasteiger partial charge in [0.1, 0.15) is 5.69 Å². The Bertz CT molecular complexity index is 593. The Hall–Kier alpha value is -1.78. The first kappa shape index (κ1) is 11.7. The molecule has 0 atom stereocenters. The van der Waals surface area contributed by atoms with Gasteiger partial charge in [-0.1, -0.05) is 19.1 Å². The van der Waals surface area contributed by atoms with E-state index in [4.69, 9.17) is 0 Å². The normalized spacial score (nSPS) is 11.3. The van der Waals surface area contributed by atoms with E-state index in [9.17, 15) is 13.6 Å². The molecule has 2 rings (SSSR count). The van der Waals surface area contributed by atoms with E-state index in [0.717, 1.165) is 4.57 Å². The zero-order chi connectivity index (χ0) is 12.4. The highest BCUT2D eigenvalue weighted by atomic mass is 19.3. The maximum atomic E-state index is 12.5. The molecule has 0 fully saturated rings. The first-order valence-corrected chi connectivity index (χ1v) is 5.40. The molecule has 17 heavy (non-hydrogen) atoms. The summed E-state index contributed by atoms with van der Waals surface area (Å²) in [4.78, 5) is 16.1. The molecular formula is C12H12F2N2O. The van der Waals surface area contributed by atoms with Gasteiger partial charge < -0.3 is 0 Å². The number of para-hydroxylation sites is 2. The van der Waals surface area contributed by atoms with Crippen LogP contribution in [0.2, 0.25) is 0 Å². The van der Waals surface area contributed by atoms with E-state index in [-0.39, 0.29) is 0 Å². The lowest BCUT2D eigenvalue weighted by Crippen LogP contribution is -2.27. The second kappa shape index (κ2) is 4.61. The molecule has 0 aliphatic carbocycles. The monoisotopic (exact) mass is 238 g/mol. The second-order valence-corrected chi connectivity index (χ2v) is 3.71. The molecule has 1 heterocycles. The van der Waals surface area contributed by atoms with Crippen LogP contribution in [0.25, 0.3) is 11.0 Å². The lowest BCUT2D eigenvalue weighted by Gasteiger charge is -2.10. The lowest BCUT2D eigenvalue weighted by atomic mass is 10.2. The van der Waals surface area contributed by atoms with E-state index in [1.54, 1.807) is 31.2 Å². The van der Waals surface area contributed by atoms with E-state index in [1.165, 1.54) is 0 Å². The van der Waals surface area contributed by atoms with Crippen molar-refractivity contribution in [3.8, 4) is 0 Å². The minimum atomic E-state index is -2.55. The molecule has 0 aliphatic rings. The van der Waals surface area contributed by atoms with Crippen LogP contribution in [-0.2, 0) is 13.0 Å². The summed E-state index contributed by atoms with van der Waals surface area (Å²) < 4.78 is 26.1. The highest BCUT2D eigenvalue weighted by molar-refractivity contribution is 5.74. The van der Waals surface area contributed by atoms with Crippen molar-refractivity contribution in [2.24, 2.45) is 0 Å². The number of nitrogens with zero attached hydrogens (tertiary/aromatic N) is 2. The summed E-state index contributed by atoms with van der Waals surface area (Å²) in [5, 5.41) is 0. The van der Waals surface area contributed by atoms with Crippen molar-refractivity contribution in [3.05, 3.63) is 40.3 Å². The topological polar surface area (TPSA) is 34.9 Å². The first-order valence-electron chi connectivity index (χ1n) is 5.40. The average molecular weight is 238 g/mol. The van der Waals surface area contributed by atoms with Gasteiger partial charge in [-0.3, -0.25) is 9.36 Å². The minimum absolute atomic E-state index is 0.323. The highest BCUT2D eigenvalue weighted by Gasteiger charge is 2.12. The van der Waals surface area contributed by atoms with Crippen LogP contribution < -0.4 is 5.56 Å². The van der Waals surface area contributed by atoms with Gasteiger partial charge in [0, 0.05) is 0 Å². The largest absolute Gasteiger partial charge is 0.299 e. The van der Waals surface area contributed by atoms with Crippen LogP contribution in [0, 0.1) is 0 Å². The molecule has 0 spiro atoms. The van der Waals surface area contributed by atoms with Crippen molar-refractivity contribution in [1.29, 1.82) is 0 Å². The number of halogens is 2. The summed E-state index contributed by atoms with van der Waals surface area (Å²) >= 11 is 0. The van der Waals surface area contributed by atoms with Gasteiger partial charge in [-0.05, 0) is 18.6 Å². The second-order valence-electron chi connectivity index (χ2n) is 3.71. The number of rotatable bonds is 3. The van der Waals surface area contributed by atoms with Gasteiger partial charge in [0.25, 0.3) is 12.0 Å². The summed E-state index contributed by atoms with van der Waals surface area (Å²) in [6.07, 6.45) is -2.12.